The van der Waals surface area contributed by atoms with Crippen LogP contribution >= 0.6 is 0 Å². The van der Waals surface area contributed by atoms with E-state index in [4.69, 9.17) is 32.8 Å². The van der Waals surface area contributed by atoms with Gasteiger partial charge in [0.05, 0.1) is 34.0 Å². The maximum absolute atomic E-state index is 13.3. The molecule has 1 aromatic heterocycles. The summed E-state index contributed by atoms with van der Waals surface area (Å²) in [6.07, 6.45) is 1.38. The highest BCUT2D eigenvalue weighted by Gasteiger charge is 2.26. The smallest absolute Gasteiger partial charge is 0.231 e. The van der Waals surface area contributed by atoms with Crippen LogP contribution in [0.1, 0.15) is 0 Å². The van der Waals surface area contributed by atoms with Crippen LogP contribution in [0.5, 0.6) is 34.5 Å². The minimum absolute atomic E-state index is 0.0515. The van der Waals surface area contributed by atoms with Gasteiger partial charge in [-0.25, -0.2) is 0 Å². The number of benzene rings is 2. The molecule has 28 heavy (non-hydrogen) atoms. The van der Waals surface area contributed by atoms with Gasteiger partial charge in [0, 0.05) is 6.07 Å². The lowest BCUT2D eigenvalue weighted by atomic mass is 10.0. The lowest BCUT2D eigenvalue weighted by molar-refractivity contribution is 0.171. The Morgan fingerprint density at radius 2 is 1.54 bits per heavy atom. The van der Waals surface area contributed by atoms with Gasteiger partial charge >= 0.3 is 0 Å². The molecule has 2 aromatic carbocycles. The monoisotopic (exact) mass is 386 g/mol. The van der Waals surface area contributed by atoms with E-state index in [2.05, 4.69) is 0 Å². The molecule has 146 valence electrons. The van der Waals surface area contributed by atoms with Crippen LogP contribution in [0.2, 0.25) is 0 Å². The molecule has 3 aromatic rings. The van der Waals surface area contributed by atoms with Crippen molar-refractivity contribution in [3.8, 4) is 45.6 Å². The van der Waals surface area contributed by atoms with Gasteiger partial charge in [0.2, 0.25) is 23.7 Å². The molecule has 1 aliphatic rings. The Kier molecular flexibility index (Phi) is 4.38. The number of hydrogen-bond acceptors (Lipinski definition) is 8. The number of rotatable bonds is 5. The second kappa shape index (κ2) is 6.88. The summed E-state index contributed by atoms with van der Waals surface area (Å²) in [6, 6.07) is 4.97. The van der Waals surface area contributed by atoms with Gasteiger partial charge in [0.25, 0.3) is 0 Å². The first-order valence-corrected chi connectivity index (χ1v) is 8.35. The van der Waals surface area contributed by atoms with Gasteiger partial charge in [-0.05, 0) is 17.7 Å². The largest absolute Gasteiger partial charge is 0.493 e. The standard InChI is InChI=1S/C20H18O8/c1-22-13-5-10(6-14(23-2)18(13)24-3)11-8-26-12-7-15-19(28-9-27-15)20(25-4)16(12)17(11)21/h5-8H,9H2,1-4H3. The van der Waals surface area contributed by atoms with Gasteiger partial charge in [0.15, 0.2) is 23.0 Å². The van der Waals surface area contributed by atoms with Crippen molar-refractivity contribution in [3.63, 3.8) is 0 Å². The maximum Gasteiger partial charge on any atom is 0.231 e. The Morgan fingerprint density at radius 1 is 0.857 bits per heavy atom. The van der Waals surface area contributed by atoms with E-state index in [1.807, 2.05) is 0 Å². The van der Waals surface area contributed by atoms with E-state index in [0.29, 0.717) is 45.5 Å². The highest BCUT2D eigenvalue weighted by Crippen LogP contribution is 2.46. The summed E-state index contributed by atoms with van der Waals surface area (Å²) in [7, 11) is 5.99. The first-order valence-electron chi connectivity index (χ1n) is 8.35. The first kappa shape index (κ1) is 17.8. The molecule has 0 bridgehead atoms. The van der Waals surface area contributed by atoms with Gasteiger partial charge in [-0.2, -0.15) is 0 Å². The number of methoxy groups -OCH3 is 4. The summed E-state index contributed by atoms with van der Waals surface area (Å²) >= 11 is 0. The Bertz CT molecular complexity index is 1090. The van der Waals surface area contributed by atoms with Crippen LogP contribution in [0.15, 0.2) is 33.7 Å². The number of ether oxygens (including phenoxy) is 6. The van der Waals surface area contributed by atoms with Crippen LogP contribution in [-0.4, -0.2) is 35.2 Å². The van der Waals surface area contributed by atoms with Crippen molar-refractivity contribution in [1.82, 2.24) is 0 Å². The number of hydrogen-bond donors (Lipinski definition) is 0. The zero-order valence-electron chi connectivity index (χ0n) is 15.8. The van der Waals surface area contributed by atoms with Crippen LogP contribution in [0.3, 0.4) is 0 Å². The molecular weight excluding hydrogens is 368 g/mol. The molecule has 8 nitrogen and oxygen atoms in total. The van der Waals surface area contributed by atoms with Crippen LogP contribution in [-0.2, 0) is 0 Å². The Balaban J connectivity index is 2.00. The molecule has 0 radical (unpaired) electrons. The molecule has 1 aliphatic heterocycles. The highest BCUT2D eigenvalue weighted by molar-refractivity contribution is 5.92. The summed E-state index contributed by atoms with van der Waals surface area (Å²) < 4.78 is 38.1. The van der Waals surface area contributed by atoms with E-state index in [1.165, 1.54) is 34.7 Å². The van der Waals surface area contributed by atoms with Gasteiger partial charge in [-0.1, -0.05) is 0 Å². The first-order chi connectivity index (χ1) is 13.6. The van der Waals surface area contributed by atoms with Crippen LogP contribution in [0.4, 0.5) is 0 Å². The molecule has 2 heterocycles. The lowest BCUT2D eigenvalue weighted by Crippen LogP contribution is -2.07. The van der Waals surface area contributed by atoms with Crippen molar-refractivity contribution >= 4 is 11.0 Å². The molecule has 0 aliphatic carbocycles. The molecule has 0 saturated carbocycles. The molecule has 0 spiro atoms. The maximum atomic E-state index is 13.3. The third-order valence-corrected chi connectivity index (χ3v) is 4.54. The van der Waals surface area contributed by atoms with Crippen molar-refractivity contribution in [3.05, 3.63) is 34.7 Å². The van der Waals surface area contributed by atoms with E-state index < -0.39 is 0 Å². The SMILES string of the molecule is COc1cc(-c2coc3cc4c(c(OC)c3c2=O)OCO4)cc(OC)c1OC. The molecule has 8 heteroatoms. The Labute approximate surface area is 160 Å². The van der Waals surface area contributed by atoms with Crippen LogP contribution in [0, 0.1) is 0 Å². The third-order valence-electron chi connectivity index (χ3n) is 4.54. The average Bonchev–Trinajstić information content (AvgIpc) is 3.19. The molecule has 0 saturated heterocycles. The van der Waals surface area contributed by atoms with Crippen molar-refractivity contribution in [2.75, 3.05) is 35.2 Å². The fraction of sp³-hybridized carbons (Fsp3) is 0.250. The molecule has 0 atom stereocenters. The minimum atomic E-state index is -0.286. The summed E-state index contributed by atoms with van der Waals surface area (Å²) in [5, 5.41) is 0.262. The van der Waals surface area contributed by atoms with E-state index >= 15 is 0 Å². The van der Waals surface area contributed by atoms with Crippen molar-refractivity contribution < 1.29 is 32.8 Å². The zero-order chi connectivity index (χ0) is 19.8. The predicted molar refractivity (Wildman–Crippen MR) is 100 cm³/mol. The third kappa shape index (κ3) is 2.57. The second-order valence-electron chi connectivity index (χ2n) is 5.91. The van der Waals surface area contributed by atoms with Crippen molar-refractivity contribution in [1.29, 1.82) is 0 Å². The Morgan fingerprint density at radius 3 is 2.14 bits per heavy atom. The van der Waals surface area contributed by atoms with Gasteiger partial charge in [0.1, 0.15) is 17.2 Å². The minimum Gasteiger partial charge on any atom is -0.493 e. The fourth-order valence-electron chi connectivity index (χ4n) is 3.24. The molecule has 4 rings (SSSR count). The normalized spacial score (nSPS) is 12.1. The van der Waals surface area contributed by atoms with Crippen LogP contribution < -0.4 is 33.8 Å². The molecule has 0 fully saturated rings. The Hall–Kier alpha value is -3.55. The molecule has 0 N–H and O–H groups in total. The van der Waals surface area contributed by atoms with Gasteiger partial charge in [-0.3, -0.25) is 4.79 Å². The quantitative estimate of drug-likeness (QED) is 0.661. The van der Waals surface area contributed by atoms with Gasteiger partial charge < -0.3 is 32.8 Å². The van der Waals surface area contributed by atoms with Gasteiger partial charge in [-0.15, -0.1) is 0 Å². The van der Waals surface area contributed by atoms with Crippen molar-refractivity contribution in [2.45, 2.75) is 0 Å². The average molecular weight is 386 g/mol. The molecule has 0 amide bonds. The van der Waals surface area contributed by atoms with E-state index in [9.17, 15) is 4.79 Å². The fourth-order valence-corrected chi connectivity index (χ4v) is 3.24. The van der Waals surface area contributed by atoms with Crippen molar-refractivity contribution in [2.24, 2.45) is 0 Å². The molecule has 0 unspecified atom stereocenters. The highest BCUT2D eigenvalue weighted by atomic mass is 16.7. The summed E-state index contributed by atoms with van der Waals surface area (Å²) in [4.78, 5) is 13.3. The van der Waals surface area contributed by atoms with Crippen LogP contribution in [0.25, 0.3) is 22.1 Å². The summed E-state index contributed by atoms with van der Waals surface area (Å²) in [5.74, 6) is 2.40. The summed E-state index contributed by atoms with van der Waals surface area (Å²) in [6.45, 7) is 0.0515. The number of fused-ring (bicyclic) bond motifs is 2. The summed E-state index contributed by atoms with van der Waals surface area (Å²) in [5.41, 5.74) is 0.904. The topological polar surface area (TPSA) is 85.6 Å². The van der Waals surface area contributed by atoms with E-state index in [0.717, 1.165) is 0 Å². The zero-order valence-corrected chi connectivity index (χ0v) is 15.8. The predicted octanol–water partition coefficient (Wildman–Crippen LogP) is 3.22. The lowest BCUT2D eigenvalue weighted by Gasteiger charge is -2.14. The van der Waals surface area contributed by atoms with E-state index in [1.54, 1.807) is 18.2 Å². The second-order valence-corrected chi connectivity index (χ2v) is 5.91. The van der Waals surface area contributed by atoms with E-state index in [-0.39, 0.29) is 23.4 Å². The molecular formula is C20H18O8.